The number of anilines is 2. The number of aryl methyl sites for hydroxylation is 4. The molecule has 5 heteroatoms. The van der Waals surface area contributed by atoms with E-state index in [1.54, 1.807) is 0 Å². The van der Waals surface area contributed by atoms with Crippen LogP contribution in [-0.2, 0) is 0 Å². The number of hydrogen-bond donors (Lipinski definition) is 3. The van der Waals surface area contributed by atoms with Crippen LogP contribution in [0.15, 0.2) is 41.4 Å². The highest BCUT2D eigenvalue weighted by Crippen LogP contribution is 2.17. The molecule has 0 saturated carbocycles. The Kier molecular flexibility index (Phi) is 5.34. The molecule has 0 aliphatic rings. The second kappa shape index (κ2) is 7.24. The lowest BCUT2D eigenvalue weighted by Gasteiger charge is -2.11. The van der Waals surface area contributed by atoms with E-state index in [-0.39, 0.29) is 5.96 Å². The Morgan fingerprint density at radius 1 is 0.870 bits per heavy atom. The second-order valence-corrected chi connectivity index (χ2v) is 6.08. The molecule has 0 fully saturated rings. The molecule has 0 atom stereocenters. The summed E-state index contributed by atoms with van der Waals surface area (Å²) in [4.78, 5) is 4.20. The summed E-state index contributed by atoms with van der Waals surface area (Å²) < 4.78 is 0. The van der Waals surface area contributed by atoms with Crippen molar-refractivity contribution in [3.05, 3.63) is 58.7 Å². The Labute approximate surface area is 142 Å². The molecular weight excluding hydrogens is 304 g/mol. The molecule has 2 aromatic carbocycles. The van der Waals surface area contributed by atoms with Crippen LogP contribution in [0.25, 0.3) is 0 Å². The van der Waals surface area contributed by atoms with Gasteiger partial charge in [0.15, 0.2) is 0 Å². The number of thiocarbonyl (C=S) groups is 1. The first kappa shape index (κ1) is 17.0. The normalized spacial score (nSPS) is 11.2. The van der Waals surface area contributed by atoms with Gasteiger partial charge in [0.1, 0.15) is 0 Å². The zero-order valence-electron chi connectivity index (χ0n) is 13.9. The fourth-order valence-electron chi connectivity index (χ4n) is 2.33. The minimum absolute atomic E-state index is 0.263. The number of hydrogen-bond acceptors (Lipinski definition) is 1. The predicted molar refractivity (Wildman–Crippen MR) is 103 cm³/mol. The highest BCUT2D eigenvalue weighted by molar-refractivity contribution is 7.80. The molecular formula is C18H22N4S. The summed E-state index contributed by atoms with van der Waals surface area (Å²) in [6, 6.07) is 12.2. The van der Waals surface area contributed by atoms with Crippen molar-refractivity contribution in [3.8, 4) is 0 Å². The summed E-state index contributed by atoms with van der Waals surface area (Å²) in [5.74, 6) is 0.263. The van der Waals surface area contributed by atoms with Gasteiger partial charge in [0.05, 0.1) is 0 Å². The zero-order valence-corrected chi connectivity index (χ0v) is 14.7. The van der Waals surface area contributed by atoms with Crippen molar-refractivity contribution < 1.29 is 0 Å². The topological polar surface area (TPSA) is 62.4 Å². The molecule has 0 saturated heterocycles. The summed E-state index contributed by atoms with van der Waals surface area (Å²) in [6.07, 6.45) is 0. The molecule has 0 radical (unpaired) electrons. The van der Waals surface area contributed by atoms with E-state index < -0.39 is 0 Å². The van der Waals surface area contributed by atoms with E-state index in [2.05, 4.69) is 41.6 Å². The van der Waals surface area contributed by atoms with Crippen molar-refractivity contribution in [2.45, 2.75) is 27.7 Å². The quantitative estimate of drug-likeness (QED) is 0.443. The molecule has 2 aromatic rings. The number of nitrogens with zero attached hydrogens (tertiary/aromatic N) is 1. The third-order valence-corrected chi connectivity index (χ3v) is 3.68. The Morgan fingerprint density at radius 3 is 1.83 bits per heavy atom. The van der Waals surface area contributed by atoms with Crippen molar-refractivity contribution in [1.82, 2.24) is 0 Å². The number of rotatable bonds is 2. The monoisotopic (exact) mass is 326 g/mol. The van der Waals surface area contributed by atoms with Crippen LogP contribution in [0.3, 0.4) is 0 Å². The van der Waals surface area contributed by atoms with Crippen molar-refractivity contribution in [2.24, 2.45) is 10.7 Å². The van der Waals surface area contributed by atoms with Crippen LogP contribution in [0.4, 0.5) is 11.4 Å². The van der Waals surface area contributed by atoms with E-state index in [1.807, 2.05) is 38.1 Å². The van der Waals surface area contributed by atoms with Gasteiger partial charge in [-0.1, -0.05) is 35.4 Å². The van der Waals surface area contributed by atoms with E-state index in [4.69, 9.17) is 18.0 Å². The lowest BCUT2D eigenvalue weighted by atomic mass is 10.1. The Hall–Kier alpha value is -2.40. The van der Waals surface area contributed by atoms with Crippen LogP contribution in [0.1, 0.15) is 22.3 Å². The number of aliphatic imine (C=N–C) groups is 1. The van der Waals surface area contributed by atoms with Gasteiger partial charge in [0.25, 0.3) is 0 Å². The third-order valence-electron chi connectivity index (χ3n) is 3.49. The molecule has 4 nitrogen and oxygen atoms in total. The van der Waals surface area contributed by atoms with Gasteiger partial charge in [-0.25, -0.2) is 0 Å². The second-order valence-electron chi connectivity index (χ2n) is 5.69. The van der Waals surface area contributed by atoms with Crippen LogP contribution in [0.2, 0.25) is 0 Å². The third kappa shape index (κ3) is 4.79. The molecule has 120 valence electrons. The lowest BCUT2D eigenvalue weighted by Crippen LogP contribution is -2.25. The first-order chi connectivity index (χ1) is 10.8. The molecule has 0 aromatic heterocycles. The van der Waals surface area contributed by atoms with Gasteiger partial charge in [0.2, 0.25) is 11.1 Å². The van der Waals surface area contributed by atoms with Gasteiger partial charge in [-0.15, -0.1) is 0 Å². The highest BCUT2D eigenvalue weighted by atomic mass is 32.1. The molecule has 2 rings (SSSR count). The van der Waals surface area contributed by atoms with E-state index in [0.29, 0.717) is 5.11 Å². The summed E-state index contributed by atoms with van der Waals surface area (Å²) in [5, 5.41) is 6.51. The van der Waals surface area contributed by atoms with Crippen molar-refractivity contribution in [3.63, 3.8) is 0 Å². The van der Waals surface area contributed by atoms with Crippen molar-refractivity contribution >= 4 is 34.7 Å². The Bertz CT molecular complexity index is 766. The Morgan fingerprint density at radius 2 is 1.35 bits per heavy atom. The molecule has 4 N–H and O–H groups in total. The maximum absolute atomic E-state index is 5.94. The van der Waals surface area contributed by atoms with Crippen LogP contribution >= 0.6 is 12.2 Å². The van der Waals surface area contributed by atoms with E-state index in [1.165, 1.54) is 11.1 Å². The molecule has 0 unspecified atom stereocenters. The number of benzene rings is 2. The summed E-state index contributed by atoms with van der Waals surface area (Å²) in [5.41, 5.74) is 12.4. The molecule has 0 aliphatic heterocycles. The van der Waals surface area contributed by atoms with Gasteiger partial charge in [-0.2, -0.15) is 4.99 Å². The van der Waals surface area contributed by atoms with Crippen LogP contribution in [0, 0.1) is 27.7 Å². The minimum Gasteiger partial charge on any atom is -0.369 e. The number of nitrogens with one attached hydrogen (secondary N) is 2. The van der Waals surface area contributed by atoms with Crippen LogP contribution in [-0.4, -0.2) is 11.1 Å². The molecule has 0 aliphatic carbocycles. The minimum atomic E-state index is 0.263. The first-order valence-electron chi connectivity index (χ1n) is 7.42. The predicted octanol–water partition coefficient (Wildman–Crippen LogP) is 4.04. The smallest absolute Gasteiger partial charge is 0.200 e. The largest absolute Gasteiger partial charge is 0.369 e. The number of guanidine groups is 1. The summed E-state index contributed by atoms with van der Waals surface area (Å²) in [7, 11) is 0. The van der Waals surface area contributed by atoms with E-state index >= 15 is 0 Å². The van der Waals surface area contributed by atoms with Crippen molar-refractivity contribution in [1.29, 1.82) is 0 Å². The summed E-state index contributed by atoms with van der Waals surface area (Å²) >= 11 is 5.26. The fourth-order valence-corrected chi connectivity index (χ4v) is 2.53. The maximum atomic E-state index is 5.94. The van der Waals surface area contributed by atoms with Gasteiger partial charge in [-0.05, 0) is 63.2 Å². The average Bonchev–Trinajstić information content (AvgIpc) is 2.45. The van der Waals surface area contributed by atoms with Gasteiger partial charge in [-0.3, -0.25) is 0 Å². The van der Waals surface area contributed by atoms with Gasteiger partial charge in [0, 0.05) is 11.4 Å². The van der Waals surface area contributed by atoms with Gasteiger partial charge >= 0.3 is 0 Å². The number of nitrogens with two attached hydrogens (primary N) is 1. The highest BCUT2D eigenvalue weighted by Gasteiger charge is 2.03. The Balaban J connectivity index is 2.06. The molecule has 23 heavy (non-hydrogen) atoms. The SMILES string of the molecule is Cc1ccc(NC(=S)/N=C(\N)Nc2ccc(C)cc2C)c(C)c1. The average molecular weight is 326 g/mol. The maximum Gasteiger partial charge on any atom is 0.200 e. The molecule has 0 bridgehead atoms. The van der Waals surface area contributed by atoms with Crippen molar-refractivity contribution in [2.75, 3.05) is 10.6 Å². The van der Waals surface area contributed by atoms with E-state index in [9.17, 15) is 0 Å². The zero-order chi connectivity index (χ0) is 17.0. The summed E-state index contributed by atoms with van der Waals surface area (Å²) in [6.45, 7) is 8.16. The molecule has 0 heterocycles. The van der Waals surface area contributed by atoms with Gasteiger partial charge < -0.3 is 16.4 Å². The van der Waals surface area contributed by atoms with E-state index in [0.717, 1.165) is 22.5 Å². The fraction of sp³-hybridized carbons (Fsp3) is 0.222. The van der Waals surface area contributed by atoms with Crippen LogP contribution in [0.5, 0.6) is 0 Å². The first-order valence-corrected chi connectivity index (χ1v) is 7.82. The molecule has 0 spiro atoms. The van der Waals surface area contributed by atoms with Crippen LogP contribution < -0.4 is 16.4 Å². The standard InChI is InChI=1S/C18H22N4S/c1-11-5-7-15(13(3)9-11)20-17(19)22-18(23)21-16-8-6-12(2)10-14(16)4/h5-10H,1-4H3,(H4,19,20,21,22,23). The lowest BCUT2D eigenvalue weighted by molar-refractivity contribution is 1.36. The molecule has 0 amide bonds.